The van der Waals surface area contributed by atoms with Crippen LogP contribution in [0.3, 0.4) is 0 Å². The second-order valence-electron chi connectivity index (χ2n) is 9.78. The molecule has 10 nitrogen and oxygen atoms in total. The van der Waals surface area contributed by atoms with Gasteiger partial charge in [0, 0.05) is 37.7 Å². The number of aliphatic hydroxyl groups is 1. The zero-order chi connectivity index (χ0) is 28.9. The molecule has 0 saturated carbocycles. The molecule has 0 aliphatic carbocycles. The van der Waals surface area contributed by atoms with E-state index in [0.29, 0.717) is 46.9 Å². The Balaban J connectivity index is 1.52. The number of hydrogen-bond donors (Lipinski definition) is 3. The highest BCUT2D eigenvalue weighted by molar-refractivity contribution is 5.96. The maximum atomic E-state index is 14.9. The highest BCUT2D eigenvalue weighted by Gasteiger charge is 2.34. The predicted molar refractivity (Wildman–Crippen MR) is 146 cm³/mol. The van der Waals surface area contributed by atoms with Crippen molar-refractivity contribution in [2.24, 2.45) is 0 Å². The van der Waals surface area contributed by atoms with Crippen molar-refractivity contribution in [1.82, 2.24) is 15.5 Å². The van der Waals surface area contributed by atoms with E-state index >= 15 is 0 Å². The van der Waals surface area contributed by atoms with Crippen LogP contribution in [0.2, 0.25) is 0 Å². The Hall–Kier alpha value is -4.64. The highest BCUT2D eigenvalue weighted by Crippen LogP contribution is 2.29. The molecule has 6 rings (SSSR count). The molecule has 41 heavy (non-hydrogen) atoms. The molecule has 3 amide bonds. The van der Waals surface area contributed by atoms with E-state index in [1.54, 1.807) is 48.5 Å². The predicted octanol–water partition coefficient (Wildman–Crippen LogP) is 2.28. The van der Waals surface area contributed by atoms with E-state index in [2.05, 4.69) is 10.6 Å². The zero-order valence-electron chi connectivity index (χ0n) is 22.4. The molecule has 11 heteroatoms. The molecular weight excluding hydrogens is 533 g/mol. The van der Waals surface area contributed by atoms with Crippen LogP contribution in [-0.4, -0.2) is 73.3 Å². The molecule has 3 N–H and O–H groups in total. The summed E-state index contributed by atoms with van der Waals surface area (Å²) in [4.78, 5) is 39.6. The van der Waals surface area contributed by atoms with Crippen LogP contribution in [0.1, 0.15) is 22.3 Å². The van der Waals surface area contributed by atoms with Gasteiger partial charge in [-0.15, -0.1) is 0 Å². The molecule has 0 spiro atoms. The number of piperidine rings is 1. The van der Waals surface area contributed by atoms with Crippen molar-refractivity contribution in [2.75, 3.05) is 33.4 Å². The minimum atomic E-state index is -0.714. The average molecular weight is 564 g/mol. The van der Waals surface area contributed by atoms with Crippen molar-refractivity contribution in [3.63, 3.8) is 0 Å². The van der Waals surface area contributed by atoms with Crippen molar-refractivity contribution in [1.29, 1.82) is 0 Å². The van der Waals surface area contributed by atoms with Crippen LogP contribution in [0.25, 0.3) is 11.1 Å². The number of benzene rings is 3. The lowest BCUT2D eigenvalue weighted by atomic mass is 9.99. The van der Waals surface area contributed by atoms with Gasteiger partial charge in [-0.2, -0.15) is 0 Å². The number of rotatable bonds is 2. The fourth-order valence-electron chi connectivity index (χ4n) is 4.94. The SMILES string of the molecule is COc1cc2ccc1CNC(=O)COc1cccc(c1)-c1ccc(F)c(c1)C(=O)N[C@@H]1CN(C(=O)CO)CC[C@@H]1O2. The Morgan fingerprint density at radius 3 is 2.73 bits per heavy atom. The number of carbonyl (C=O) groups is 3. The summed E-state index contributed by atoms with van der Waals surface area (Å²) >= 11 is 0. The van der Waals surface area contributed by atoms with Crippen LogP contribution in [-0.2, 0) is 16.1 Å². The Kier molecular flexibility index (Phi) is 8.34. The largest absolute Gasteiger partial charge is 0.496 e. The lowest BCUT2D eigenvalue weighted by Gasteiger charge is -2.38. The van der Waals surface area contributed by atoms with E-state index in [9.17, 15) is 23.9 Å². The van der Waals surface area contributed by atoms with Crippen LogP contribution >= 0.6 is 0 Å². The van der Waals surface area contributed by atoms with Gasteiger partial charge in [0.1, 0.15) is 35.8 Å². The normalized spacial score (nSPS) is 19.1. The van der Waals surface area contributed by atoms with Crippen LogP contribution in [0.15, 0.2) is 60.7 Å². The van der Waals surface area contributed by atoms with Crippen molar-refractivity contribution >= 4 is 17.7 Å². The lowest BCUT2D eigenvalue weighted by molar-refractivity contribution is -0.136. The maximum absolute atomic E-state index is 14.9. The molecule has 3 aliphatic rings. The molecule has 2 atom stereocenters. The standard InChI is InChI=1S/C30H30FN3O7/c1-39-27-13-22-7-5-20(27)14-32-28(36)17-40-21-4-2-3-18(11-21)19-6-8-24(31)23(12-19)30(38)33-25-15-34(29(37)16-35)10-9-26(25)41-22/h2-8,11-13,25-26,35H,9-10,14-17H2,1H3,(H,32,36)(H,33,38)/t25-,26+/m1/s1. The molecule has 6 bridgehead atoms. The zero-order valence-corrected chi connectivity index (χ0v) is 22.4. The summed E-state index contributed by atoms with van der Waals surface area (Å²) in [5, 5.41) is 15.0. The lowest BCUT2D eigenvalue weighted by Crippen LogP contribution is -2.58. The van der Waals surface area contributed by atoms with Crippen LogP contribution < -0.4 is 24.8 Å². The number of carbonyl (C=O) groups excluding carboxylic acids is 3. The molecule has 3 heterocycles. The Labute approximate surface area is 236 Å². The van der Waals surface area contributed by atoms with E-state index in [0.717, 1.165) is 0 Å². The summed E-state index contributed by atoms with van der Waals surface area (Å²) < 4.78 is 32.4. The third kappa shape index (κ3) is 6.41. The summed E-state index contributed by atoms with van der Waals surface area (Å²) in [5.74, 6) is -0.833. The second kappa shape index (κ2) is 12.3. The first kappa shape index (κ1) is 27.9. The molecule has 3 aromatic rings. The smallest absolute Gasteiger partial charge is 0.258 e. The number of hydrogen-bond acceptors (Lipinski definition) is 7. The Bertz CT molecular complexity index is 1460. The van der Waals surface area contributed by atoms with Gasteiger partial charge >= 0.3 is 0 Å². The summed E-state index contributed by atoms with van der Waals surface area (Å²) in [6, 6.07) is 15.6. The average Bonchev–Trinajstić information content (AvgIpc) is 2.99. The van der Waals surface area contributed by atoms with Crippen molar-refractivity contribution < 1.29 is 38.1 Å². The van der Waals surface area contributed by atoms with E-state index in [-0.39, 0.29) is 31.2 Å². The fraction of sp³-hybridized carbons (Fsp3) is 0.300. The molecular formula is C30H30FN3O7. The molecule has 0 unspecified atom stereocenters. The maximum Gasteiger partial charge on any atom is 0.258 e. The molecule has 1 fully saturated rings. The fourth-order valence-corrected chi connectivity index (χ4v) is 4.94. The summed E-state index contributed by atoms with van der Waals surface area (Å²) in [6.45, 7) is -0.314. The number of ether oxygens (including phenoxy) is 3. The monoisotopic (exact) mass is 563 g/mol. The van der Waals surface area contributed by atoms with Gasteiger partial charge in [0.25, 0.3) is 11.8 Å². The van der Waals surface area contributed by atoms with E-state index in [1.807, 2.05) is 0 Å². The molecule has 3 aromatic carbocycles. The minimum Gasteiger partial charge on any atom is -0.496 e. The van der Waals surface area contributed by atoms with Crippen molar-refractivity contribution in [3.05, 3.63) is 77.6 Å². The molecule has 3 aliphatic heterocycles. The molecule has 1 saturated heterocycles. The number of fused-ring (bicyclic) bond motifs is 7. The van der Waals surface area contributed by atoms with E-state index in [1.165, 1.54) is 24.1 Å². The van der Waals surface area contributed by atoms with Crippen LogP contribution in [0.4, 0.5) is 4.39 Å². The summed E-state index contributed by atoms with van der Waals surface area (Å²) in [7, 11) is 1.50. The second-order valence-corrected chi connectivity index (χ2v) is 9.78. The van der Waals surface area contributed by atoms with Gasteiger partial charge in [-0.1, -0.05) is 18.2 Å². The summed E-state index contributed by atoms with van der Waals surface area (Å²) in [5.41, 5.74) is 1.76. The third-order valence-electron chi connectivity index (χ3n) is 7.12. The topological polar surface area (TPSA) is 126 Å². The number of nitrogens with one attached hydrogen (secondary N) is 2. The van der Waals surface area contributed by atoms with Crippen molar-refractivity contribution in [3.8, 4) is 28.4 Å². The molecule has 0 radical (unpaired) electrons. The van der Waals surface area contributed by atoms with Gasteiger partial charge in [-0.25, -0.2) is 4.39 Å². The number of likely N-dealkylation sites (tertiary alicyclic amines) is 1. The third-order valence-corrected chi connectivity index (χ3v) is 7.12. The molecule has 0 aromatic heterocycles. The Morgan fingerprint density at radius 1 is 1.10 bits per heavy atom. The first-order chi connectivity index (χ1) is 19.8. The number of aliphatic hydroxyl groups excluding tert-OH is 1. The number of amides is 3. The van der Waals surface area contributed by atoms with Gasteiger partial charge in [-0.05, 0) is 47.5 Å². The van der Waals surface area contributed by atoms with Gasteiger partial charge in [-0.3, -0.25) is 14.4 Å². The van der Waals surface area contributed by atoms with Crippen molar-refractivity contribution in [2.45, 2.75) is 25.1 Å². The summed E-state index contributed by atoms with van der Waals surface area (Å²) in [6.07, 6.45) is -0.214. The highest BCUT2D eigenvalue weighted by atomic mass is 19.1. The number of nitrogens with zero attached hydrogens (tertiary/aromatic N) is 1. The van der Waals surface area contributed by atoms with Gasteiger partial charge in [0.15, 0.2) is 6.61 Å². The minimum absolute atomic E-state index is 0.0672. The first-order valence-corrected chi connectivity index (χ1v) is 13.2. The van der Waals surface area contributed by atoms with E-state index < -0.39 is 36.4 Å². The molecule has 214 valence electrons. The Morgan fingerprint density at radius 2 is 1.93 bits per heavy atom. The van der Waals surface area contributed by atoms with E-state index in [4.69, 9.17) is 14.2 Å². The van der Waals surface area contributed by atoms with Crippen LogP contribution in [0.5, 0.6) is 17.2 Å². The quantitative estimate of drug-likeness (QED) is 0.437. The first-order valence-electron chi connectivity index (χ1n) is 13.2. The van der Waals surface area contributed by atoms with Gasteiger partial charge in [0.2, 0.25) is 5.91 Å². The number of methoxy groups -OCH3 is 1. The van der Waals surface area contributed by atoms with Gasteiger partial charge in [0.05, 0.1) is 18.7 Å². The number of halogens is 1. The van der Waals surface area contributed by atoms with Crippen LogP contribution in [0, 0.1) is 5.82 Å². The van der Waals surface area contributed by atoms with Gasteiger partial charge < -0.3 is 34.9 Å².